The first-order valence-corrected chi connectivity index (χ1v) is 8.55. The predicted molar refractivity (Wildman–Crippen MR) is 115 cm³/mol. The fraction of sp³-hybridized carbons (Fsp3) is 0.500. The normalized spacial score (nSPS) is 12.3. The van der Waals surface area contributed by atoms with E-state index in [-0.39, 0.29) is 30.5 Å². The molecule has 0 fully saturated rings. The van der Waals surface area contributed by atoms with Crippen molar-refractivity contribution in [3.63, 3.8) is 0 Å². The lowest BCUT2D eigenvalue weighted by atomic mass is 10.1. The Hall–Kier alpha value is -1.49. The average molecular weight is 497 g/mol. The molecular formula is C18H27F3IN5. The van der Waals surface area contributed by atoms with Crippen molar-refractivity contribution in [3.8, 4) is 0 Å². The zero-order chi connectivity index (χ0) is 19.2. The van der Waals surface area contributed by atoms with Gasteiger partial charge < -0.3 is 15.6 Å². The third-order valence-corrected chi connectivity index (χ3v) is 4.14. The molecule has 152 valence electrons. The fourth-order valence-electron chi connectivity index (χ4n) is 2.93. The number of hydrogen-bond donors (Lipinski definition) is 3. The van der Waals surface area contributed by atoms with Crippen molar-refractivity contribution < 1.29 is 13.2 Å². The highest BCUT2D eigenvalue weighted by Gasteiger charge is 2.28. The molecule has 0 aliphatic rings. The number of fused-ring (bicyclic) bond motifs is 1. The minimum Gasteiger partial charge on any atom is -0.361 e. The van der Waals surface area contributed by atoms with Crippen LogP contribution in [0.4, 0.5) is 13.2 Å². The summed E-state index contributed by atoms with van der Waals surface area (Å²) in [4.78, 5) is 8.61. The number of guanidine groups is 1. The molecule has 9 heteroatoms. The molecule has 3 N–H and O–H groups in total. The van der Waals surface area contributed by atoms with Crippen LogP contribution in [0.25, 0.3) is 10.9 Å². The minimum absolute atomic E-state index is 0. The van der Waals surface area contributed by atoms with Crippen molar-refractivity contribution in [2.45, 2.75) is 19.5 Å². The Bertz CT molecular complexity index is 742. The van der Waals surface area contributed by atoms with Gasteiger partial charge in [-0.1, -0.05) is 12.1 Å². The van der Waals surface area contributed by atoms with Gasteiger partial charge in [-0.2, -0.15) is 13.2 Å². The highest BCUT2D eigenvalue weighted by Crippen LogP contribution is 2.22. The van der Waals surface area contributed by atoms with Crippen LogP contribution in [0.15, 0.2) is 29.4 Å². The van der Waals surface area contributed by atoms with Crippen LogP contribution >= 0.6 is 24.0 Å². The fourth-order valence-corrected chi connectivity index (χ4v) is 2.93. The molecule has 27 heavy (non-hydrogen) atoms. The summed E-state index contributed by atoms with van der Waals surface area (Å²) in [5.41, 5.74) is 3.58. The third kappa shape index (κ3) is 7.57. The number of aromatic amines is 1. The van der Waals surface area contributed by atoms with Crippen LogP contribution in [0.1, 0.15) is 11.1 Å². The summed E-state index contributed by atoms with van der Waals surface area (Å²) >= 11 is 0. The van der Waals surface area contributed by atoms with E-state index in [9.17, 15) is 13.2 Å². The predicted octanol–water partition coefficient (Wildman–Crippen LogP) is 3.30. The van der Waals surface area contributed by atoms with Crippen LogP contribution < -0.4 is 10.6 Å². The number of H-pyrrole nitrogens is 1. The SMILES string of the molecule is CN=C(NCCc1c[nH]c2cccc(C)c12)NCCN(C)CC(F)(F)F.I. The molecule has 1 aromatic heterocycles. The summed E-state index contributed by atoms with van der Waals surface area (Å²) in [6.07, 6.45) is -1.34. The summed E-state index contributed by atoms with van der Waals surface area (Å²) < 4.78 is 36.9. The molecule has 1 aromatic carbocycles. The lowest BCUT2D eigenvalue weighted by Gasteiger charge is -2.19. The number of nitrogens with one attached hydrogen (secondary N) is 3. The van der Waals surface area contributed by atoms with Gasteiger partial charge in [-0.15, -0.1) is 24.0 Å². The molecule has 0 spiro atoms. The second kappa shape index (κ2) is 10.7. The molecule has 1 heterocycles. The van der Waals surface area contributed by atoms with Crippen LogP contribution in [-0.4, -0.2) is 62.3 Å². The molecule has 2 aromatic rings. The Labute approximate surface area is 174 Å². The molecule has 0 aliphatic heterocycles. The number of benzene rings is 1. The maximum absolute atomic E-state index is 12.3. The molecule has 2 rings (SSSR count). The number of likely N-dealkylation sites (N-methyl/N-ethyl adjacent to an activating group) is 1. The van der Waals surface area contributed by atoms with Gasteiger partial charge in [0.25, 0.3) is 0 Å². The van der Waals surface area contributed by atoms with Gasteiger partial charge in [0.2, 0.25) is 0 Å². The van der Waals surface area contributed by atoms with Crippen molar-refractivity contribution in [2.24, 2.45) is 4.99 Å². The van der Waals surface area contributed by atoms with E-state index < -0.39 is 12.7 Å². The zero-order valence-electron chi connectivity index (χ0n) is 15.8. The molecule has 0 saturated carbocycles. The molecule has 5 nitrogen and oxygen atoms in total. The lowest BCUT2D eigenvalue weighted by molar-refractivity contribution is -0.142. The highest BCUT2D eigenvalue weighted by molar-refractivity contribution is 14.0. The average Bonchev–Trinajstić information content (AvgIpc) is 2.96. The Morgan fingerprint density at radius 1 is 1.22 bits per heavy atom. The number of aliphatic imine (C=N–C) groups is 1. The van der Waals surface area contributed by atoms with Crippen molar-refractivity contribution in [2.75, 3.05) is 40.3 Å². The van der Waals surface area contributed by atoms with Gasteiger partial charge in [-0.3, -0.25) is 9.89 Å². The Morgan fingerprint density at radius 2 is 1.93 bits per heavy atom. The van der Waals surface area contributed by atoms with Gasteiger partial charge >= 0.3 is 6.18 Å². The highest BCUT2D eigenvalue weighted by atomic mass is 127. The first-order chi connectivity index (χ1) is 12.3. The van der Waals surface area contributed by atoms with E-state index in [1.807, 2.05) is 12.3 Å². The smallest absolute Gasteiger partial charge is 0.361 e. The number of aromatic nitrogens is 1. The van der Waals surface area contributed by atoms with E-state index in [2.05, 4.69) is 39.7 Å². The Balaban J connectivity index is 0.00000364. The van der Waals surface area contributed by atoms with Gasteiger partial charge in [0.1, 0.15) is 0 Å². The lowest BCUT2D eigenvalue weighted by Crippen LogP contribution is -2.42. The maximum Gasteiger partial charge on any atom is 0.401 e. The number of alkyl halides is 3. The molecule has 0 atom stereocenters. The molecule has 0 saturated heterocycles. The molecule has 0 amide bonds. The van der Waals surface area contributed by atoms with Gasteiger partial charge in [-0.05, 0) is 37.6 Å². The van der Waals surface area contributed by atoms with Gasteiger partial charge in [0.05, 0.1) is 6.54 Å². The van der Waals surface area contributed by atoms with Crippen molar-refractivity contribution >= 4 is 40.8 Å². The van der Waals surface area contributed by atoms with E-state index in [4.69, 9.17) is 0 Å². The molecule has 0 unspecified atom stereocenters. The number of hydrogen-bond acceptors (Lipinski definition) is 2. The summed E-state index contributed by atoms with van der Waals surface area (Å²) in [6, 6.07) is 6.17. The van der Waals surface area contributed by atoms with Gasteiger partial charge in [-0.25, -0.2) is 0 Å². The Kier molecular flexibility index (Phi) is 9.37. The van der Waals surface area contributed by atoms with Crippen molar-refractivity contribution in [3.05, 3.63) is 35.5 Å². The van der Waals surface area contributed by atoms with Crippen LogP contribution in [0.3, 0.4) is 0 Å². The van der Waals surface area contributed by atoms with Gasteiger partial charge in [0, 0.05) is 43.8 Å². The number of rotatable bonds is 7. The van der Waals surface area contributed by atoms with E-state index in [1.165, 1.54) is 28.5 Å². The number of halogens is 4. The maximum atomic E-state index is 12.3. The summed E-state index contributed by atoms with van der Waals surface area (Å²) in [6.45, 7) is 2.52. The van der Waals surface area contributed by atoms with Crippen molar-refractivity contribution in [1.82, 2.24) is 20.5 Å². The first-order valence-electron chi connectivity index (χ1n) is 8.55. The van der Waals surface area contributed by atoms with Crippen LogP contribution in [-0.2, 0) is 6.42 Å². The minimum atomic E-state index is -4.17. The molecule has 0 radical (unpaired) electrons. The zero-order valence-corrected chi connectivity index (χ0v) is 18.1. The van der Waals surface area contributed by atoms with Crippen LogP contribution in [0.5, 0.6) is 0 Å². The quantitative estimate of drug-likeness (QED) is 0.313. The molecule has 0 bridgehead atoms. The number of nitrogens with zero attached hydrogens (tertiary/aromatic N) is 2. The topological polar surface area (TPSA) is 55.5 Å². The standard InChI is InChI=1S/C18H26F3N5.HI/c1-13-5-4-6-15-16(13)14(11-25-15)7-8-23-17(22-2)24-9-10-26(3)12-18(19,20)21;/h4-6,11,25H,7-10,12H2,1-3H3,(H2,22,23,24);1H. The second-order valence-corrected chi connectivity index (χ2v) is 6.34. The summed E-state index contributed by atoms with van der Waals surface area (Å²) in [5.74, 6) is 0.585. The van der Waals surface area contributed by atoms with E-state index >= 15 is 0 Å². The van der Waals surface area contributed by atoms with E-state index in [0.29, 0.717) is 19.0 Å². The summed E-state index contributed by atoms with van der Waals surface area (Å²) in [7, 11) is 3.09. The molecule has 0 aliphatic carbocycles. The van der Waals surface area contributed by atoms with E-state index in [0.717, 1.165) is 11.9 Å². The van der Waals surface area contributed by atoms with E-state index in [1.54, 1.807) is 7.05 Å². The number of aryl methyl sites for hydroxylation is 1. The largest absolute Gasteiger partial charge is 0.401 e. The second-order valence-electron chi connectivity index (χ2n) is 6.34. The van der Waals surface area contributed by atoms with Gasteiger partial charge in [0.15, 0.2) is 5.96 Å². The van der Waals surface area contributed by atoms with Crippen molar-refractivity contribution in [1.29, 1.82) is 0 Å². The van der Waals surface area contributed by atoms with Crippen LogP contribution in [0.2, 0.25) is 0 Å². The monoisotopic (exact) mass is 497 g/mol. The summed E-state index contributed by atoms with van der Waals surface area (Å²) in [5, 5.41) is 7.48. The Morgan fingerprint density at radius 3 is 2.59 bits per heavy atom. The first kappa shape index (κ1) is 23.5. The third-order valence-electron chi connectivity index (χ3n) is 4.14. The molecular weight excluding hydrogens is 470 g/mol. The van der Waals surface area contributed by atoms with Crippen LogP contribution in [0, 0.1) is 6.92 Å².